The minimum absolute atomic E-state index is 0.820. The van der Waals surface area contributed by atoms with Gasteiger partial charge in [-0.1, -0.05) is 0 Å². The van der Waals surface area contributed by atoms with Gasteiger partial charge < -0.3 is 16.0 Å². The number of likely N-dealkylation sites (N-methyl/N-ethyl adjacent to an activating group) is 1. The Morgan fingerprint density at radius 3 is 2.64 bits per heavy atom. The van der Waals surface area contributed by atoms with E-state index in [-0.39, 0.29) is 0 Å². The molecule has 0 radical (unpaired) electrons. The minimum Gasteiger partial charge on any atom is -0.399 e. The predicted molar refractivity (Wildman–Crippen MR) is 62.6 cm³/mol. The molecular formula is C11H19N3. The SMILES string of the molecule is Cc1cc(N)ccc1NCCN(C)C. The molecule has 0 spiro atoms. The van der Waals surface area contributed by atoms with E-state index in [1.54, 1.807) is 0 Å². The van der Waals surface area contributed by atoms with Gasteiger partial charge in [-0.15, -0.1) is 0 Å². The van der Waals surface area contributed by atoms with E-state index in [4.69, 9.17) is 5.73 Å². The number of rotatable bonds is 4. The summed E-state index contributed by atoms with van der Waals surface area (Å²) in [7, 11) is 4.13. The van der Waals surface area contributed by atoms with E-state index in [0.717, 1.165) is 18.8 Å². The van der Waals surface area contributed by atoms with Gasteiger partial charge in [-0.2, -0.15) is 0 Å². The monoisotopic (exact) mass is 193 g/mol. The molecule has 14 heavy (non-hydrogen) atoms. The predicted octanol–water partition coefficient (Wildman–Crippen LogP) is 1.55. The van der Waals surface area contributed by atoms with Crippen LogP contribution in [0, 0.1) is 6.92 Å². The maximum absolute atomic E-state index is 5.67. The molecule has 0 aliphatic rings. The third-order valence-corrected chi connectivity index (χ3v) is 2.12. The summed E-state index contributed by atoms with van der Waals surface area (Å²) in [5.41, 5.74) is 8.85. The van der Waals surface area contributed by atoms with Gasteiger partial charge in [-0.25, -0.2) is 0 Å². The molecule has 1 rings (SSSR count). The van der Waals surface area contributed by atoms with Gasteiger partial charge >= 0.3 is 0 Å². The van der Waals surface area contributed by atoms with Gasteiger partial charge in [-0.05, 0) is 44.8 Å². The Morgan fingerprint density at radius 2 is 2.07 bits per heavy atom. The van der Waals surface area contributed by atoms with Gasteiger partial charge in [0.05, 0.1) is 0 Å². The summed E-state index contributed by atoms with van der Waals surface area (Å²) in [6, 6.07) is 5.93. The lowest BCUT2D eigenvalue weighted by Crippen LogP contribution is -2.21. The first-order chi connectivity index (χ1) is 6.59. The van der Waals surface area contributed by atoms with E-state index in [1.165, 1.54) is 11.3 Å². The summed E-state index contributed by atoms with van der Waals surface area (Å²) in [6.07, 6.45) is 0. The maximum atomic E-state index is 5.67. The number of nitrogen functional groups attached to an aromatic ring is 1. The van der Waals surface area contributed by atoms with Crippen LogP contribution in [-0.2, 0) is 0 Å². The quantitative estimate of drug-likeness (QED) is 0.713. The van der Waals surface area contributed by atoms with Crippen LogP contribution >= 0.6 is 0 Å². The molecule has 0 atom stereocenters. The molecule has 0 heterocycles. The Labute approximate surface area is 85.9 Å². The number of aryl methyl sites for hydroxylation is 1. The number of nitrogens with zero attached hydrogens (tertiary/aromatic N) is 1. The van der Waals surface area contributed by atoms with Crippen molar-refractivity contribution >= 4 is 11.4 Å². The smallest absolute Gasteiger partial charge is 0.0371 e. The summed E-state index contributed by atoms with van der Waals surface area (Å²) in [6.45, 7) is 4.05. The first-order valence-corrected chi connectivity index (χ1v) is 4.84. The fraction of sp³-hybridized carbons (Fsp3) is 0.455. The highest BCUT2D eigenvalue weighted by atomic mass is 15.1. The van der Waals surface area contributed by atoms with E-state index in [9.17, 15) is 0 Å². The Bertz CT molecular complexity index is 295. The van der Waals surface area contributed by atoms with E-state index in [0.29, 0.717) is 0 Å². The largest absolute Gasteiger partial charge is 0.399 e. The maximum Gasteiger partial charge on any atom is 0.0371 e. The second-order valence-electron chi connectivity index (χ2n) is 3.80. The Hall–Kier alpha value is -1.22. The molecule has 0 amide bonds. The first kappa shape index (κ1) is 10.9. The Kier molecular flexibility index (Phi) is 3.77. The number of benzene rings is 1. The topological polar surface area (TPSA) is 41.3 Å². The molecule has 3 heteroatoms. The summed E-state index contributed by atoms with van der Waals surface area (Å²) in [5.74, 6) is 0. The van der Waals surface area contributed by atoms with Crippen molar-refractivity contribution in [1.82, 2.24) is 4.90 Å². The summed E-state index contributed by atoms with van der Waals surface area (Å²) in [4.78, 5) is 2.15. The number of nitrogens with one attached hydrogen (secondary N) is 1. The van der Waals surface area contributed by atoms with Crippen molar-refractivity contribution in [3.63, 3.8) is 0 Å². The van der Waals surface area contributed by atoms with Gasteiger partial charge in [0.2, 0.25) is 0 Å². The Balaban J connectivity index is 2.51. The van der Waals surface area contributed by atoms with Crippen LogP contribution in [0.4, 0.5) is 11.4 Å². The summed E-state index contributed by atoms with van der Waals surface area (Å²) in [5, 5.41) is 3.37. The highest BCUT2D eigenvalue weighted by Gasteiger charge is 1.97. The highest BCUT2D eigenvalue weighted by molar-refractivity contribution is 5.57. The number of nitrogens with two attached hydrogens (primary N) is 1. The van der Waals surface area contributed by atoms with Crippen LogP contribution in [0.2, 0.25) is 0 Å². The summed E-state index contributed by atoms with van der Waals surface area (Å²) >= 11 is 0. The molecule has 0 saturated carbocycles. The Morgan fingerprint density at radius 1 is 1.36 bits per heavy atom. The molecule has 0 aliphatic carbocycles. The zero-order chi connectivity index (χ0) is 10.6. The molecule has 3 nitrogen and oxygen atoms in total. The molecule has 0 aromatic heterocycles. The first-order valence-electron chi connectivity index (χ1n) is 4.84. The molecule has 0 aliphatic heterocycles. The number of anilines is 2. The fourth-order valence-corrected chi connectivity index (χ4v) is 1.30. The lowest BCUT2D eigenvalue weighted by Gasteiger charge is -2.13. The molecule has 0 unspecified atom stereocenters. The van der Waals surface area contributed by atoms with Crippen molar-refractivity contribution in [2.45, 2.75) is 6.92 Å². The van der Waals surface area contributed by atoms with Gasteiger partial charge in [0, 0.05) is 24.5 Å². The minimum atomic E-state index is 0.820. The average molecular weight is 193 g/mol. The molecule has 3 N–H and O–H groups in total. The number of hydrogen-bond acceptors (Lipinski definition) is 3. The van der Waals surface area contributed by atoms with E-state index >= 15 is 0 Å². The van der Waals surface area contributed by atoms with Crippen molar-refractivity contribution in [2.24, 2.45) is 0 Å². The molecule has 1 aromatic rings. The zero-order valence-corrected chi connectivity index (χ0v) is 9.17. The molecule has 0 fully saturated rings. The normalized spacial score (nSPS) is 10.6. The third-order valence-electron chi connectivity index (χ3n) is 2.12. The second-order valence-corrected chi connectivity index (χ2v) is 3.80. The third kappa shape index (κ3) is 3.26. The molecule has 78 valence electrons. The van der Waals surface area contributed by atoms with E-state index in [2.05, 4.69) is 31.2 Å². The zero-order valence-electron chi connectivity index (χ0n) is 9.17. The van der Waals surface area contributed by atoms with Crippen molar-refractivity contribution in [3.8, 4) is 0 Å². The van der Waals surface area contributed by atoms with Crippen LogP contribution in [0.25, 0.3) is 0 Å². The van der Waals surface area contributed by atoms with Crippen molar-refractivity contribution < 1.29 is 0 Å². The van der Waals surface area contributed by atoms with Crippen LogP contribution in [0.1, 0.15) is 5.56 Å². The van der Waals surface area contributed by atoms with Crippen molar-refractivity contribution in [1.29, 1.82) is 0 Å². The van der Waals surface area contributed by atoms with E-state index in [1.807, 2.05) is 18.2 Å². The fourth-order valence-electron chi connectivity index (χ4n) is 1.30. The van der Waals surface area contributed by atoms with Gasteiger partial charge in [-0.3, -0.25) is 0 Å². The molecule has 1 aromatic carbocycles. The van der Waals surface area contributed by atoms with Crippen LogP contribution < -0.4 is 11.1 Å². The molecule has 0 saturated heterocycles. The second kappa shape index (κ2) is 4.86. The van der Waals surface area contributed by atoms with Crippen LogP contribution in [0.3, 0.4) is 0 Å². The standard InChI is InChI=1S/C11H19N3/c1-9-8-10(12)4-5-11(9)13-6-7-14(2)3/h4-5,8,13H,6-7,12H2,1-3H3. The van der Waals surface area contributed by atoms with E-state index < -0.39 is 0 Å². The molecule has 0 bridgehead atoms. The van der Waals surface area contributed by atoms with Gasteiger partial charge in [0.15, 0.2) is 0 Å². The van der Waals surface area contributed by atoms with Crippen LogP contribution in [-0.4, -0.2) is 32.1 Å². The highest BCUT2D eigenvalue weighted by Crippen LogP contribution is 2.16. The van der Waals surface area contributed by atoms with Crippen LogP contribution in [0.15, 0.2) is 18.2 Å². The number of hydrogen-bond donors (Lipinski definition) is 2. The van der Waals surface area contributed by atoms with Crippen LogP contribution in [0.5, 0.6) is 0 Å². The summed E-state index contributed by atoms with van der Waals surface area (Å²) < 4.78 is 0. The van der Waals surface area contributed by atoms with Gasteiger partial charge in [0.1, 0.15) is 0 Å². The average Bonchev–Trinajstić information content (AvgIpc) is 2.08. The van der Waals surface area contributed by atoms with Crippen molar-refractivity contribution in [3.05, 3.63) is 23.8 Å². The lowest BCUT2D eigenvalue weighted by atomic mass is 10.2. The van der Waals surface area contributed by atoms with Crippen molar-refractivity contribution in [2.75, 3.05) is 38.2 Å². The van der Waals surface area contributed by atoms with Gasteiger partial charge in [0.25, 0.3) is 0 Å². The lowest BCUT2D eigenvalue weighted by molar-refractivity contribution is 0.425. The molecular weight excluding hydrogens is 174 g/mol.